The van der Waals surface area contributed by atoms with Gasteiger partial charge in [0.2, 0.25) is 5.89 Å². The molecule has 1 heterocycles. The van der Waals surface area contributed by atoms with Crippen LogP contribution in [0.1, 0.15) is 25.8 Å². The molecular weight excluding hydrogens is 257 g/mol. The third-order valence-corrected chi connectivity index (χ3v) is 2.72. The minimum absolute atomic E-state index is 0.0633. The number of hydrogen-bond acceptors (Lipinski definition) is 4. The number of benzene rings is 1. The van der Waals surface area contributed by atoms with Crippen molar-refractivity contribution in [1.29, 1.82) is 0 Å². The largest absolute Gasteiger partial charge is 0.419 e. The first-order chi connectivity index (χ1) is 8.61. The number of halogens is 2. The molecule has 0 amide bonds. The summed E-state index contributed by atoms with van der Waals surface area (Å²) in [5.41, 5.74) is 0.252. The quantitative estimate of drug-likeness (QED) is 0.926. The van der Waals surface area contributed by atoms with Crippen molar-refractivity contribution in [3.63, 3.8) is 0 Å². The van der Waals surface area contributed by atoms with Crippen molar-refractivity contribution in [3.05, 3.63) is 34.9 Å². The second-order valence-electron chi connectivity index (χ2n) is 3.85. The standard InChI is InChI=1S/C12H13ClFN3O/c1-3-15-7(2)11-16-17-12(18-11)9-5-4-8(13)6-10(9)14/h4-7,15H,3H2,1-2H3. The first-order valence-electron chi connectivity index (χ1n) is 5.64. The smallest absolute Gasteiger partial charge is 0.250 e. The zero-order chi connectivity index (χ0) is 13.1. The van der Waals surface area contributed by atoms with Crippen molar-refractivity contribution in [2.45, 2.75) is 19.9 Å². The van der Waals surface area contributed by atoms with Crippen molar-refractivity contribution in [2.24, 2.45) is 0 Å². The minimum Gasteiger partial charge on any atom is -0.419 e. The monoisotopic (exact) mass is 269 g/mol. The fourth-order valence-electron chi connectivity index (χ4n) is 1.57. The first-order valence-corrected chi connectivity index (χ1v) is 6.01. The molecule has 2 rings (SSSR count). The molecule has 6 heteroatoms. The summed E-state index contributed by atoms with van der Waals surface area (Å²) in [6, 6.07) is 4.26. The Kier molecular flexibility index (Phi) is 3.93. The highest BCUT2D eigenvalue weighted by Gasteiger charge is 2.16. The Morgan fingerprint density at radius 3 is 2.89 bits per heavy atom. The second-order valence-corrected chi connectivity index (χ2v) is 4.29. The molecule has 18 heavy (non-hydrogen) atoms. The Bertz CT molecular complexity index is 544. The third-order valence-electron chi connectivity index (χ3n) is 2.48. The van der Waals surface area contributed by atoms with E-state index in [1.165, 1.54) is 12.1 Å². The van der Waals surface area contributed by atoms with E-state index in [0.717, 1.165) is 6.54 Å². The van der Waals surface area contributed by atoms with Crippen LogP contribution >= 0.6 is 11.6 Å². The van der Waals surface area contributed by atoms with E-state index < -0.39 is 5.82 Å². The Hall–Kier alpha value is -1.46. The van der Waals surface area contributed by atoms with Crippen LogP contribution in [-0.4, -0.2) is 16.7 Å². The van der Waals surface area contributed by atoms with E-state index in [9.17, 15) is 4.39 Å². The lowest BCUT2D eigenvalue weighted by atomic mass is 10.2. The average Bonchev–Trinajstić information content (AvgIpc) is 2.78. The van der Waals surface area contributed by atoms with E-state index >= 15 is 0 Å². The highest BCUT2D eigenvalue weighted by atomic mass is 35.5. The molecule has 0 bridgehead atoms. The maximum Gasteiger partial charge on any atom is 0.250 e. The van der Waals surface area contributed by atoms with E-state index in [2.05, 4.69) is 15.5 Å². The van der Waals surface area contributed by atoms with Gasteiger partial charge in [0.15, 0.2) is 0 Å². The molecule has 0 spiro atoms. The van der Waals surface area contributed by atoms with Crippen LogP contribution in [0.2, 0.25) is 5.02 Å². The molecule has 0 aliphatic carbocycles. The predicted octanol–water partition coefficient (Wildman–Crippen LogP) is 3.20. The van der Waals surface area contributed by atoms with Gasteiger partial charge in [-0.1, -0.05) is 18.5 Å². The van der Waals surface area contributed by atoms with Gasteiger partial charge in [-0.15, -0.1) is 10.2 Å². The average molecular weight is 270 g/mol. The maximum absolute atomic E-state index is 13.7. The van der Waals surface area contributed by atoms with Crippen LogP contribution < -0.4 is 5.32 Å². The summed E-state index contributed by atoms with van der Waals surface area (Å²) in [4.78, 5) is 0. The van der Waals surface area contributed by atoms with Crippen molar-refractivity contribution < 1.29 is 8.81 Å². The van der Waals surface area contributed by atoms with Crippen LogP contribution in [0.5, 0.6) is 0 Å². The number of hydrogen-bond donors (Lipinski definition) is 1. The van der Waals surface area contributed by atoms with Crippen LogP contribution in [-0.2, 0) is 0 Å². The van der Waals surface area contributed by atoms with Crippen LogP contribution in [0, 0.1) is 5.82 Å². The molecule has 1 aromatic carbocycles. The van der Waals surface area contributed by atoms with Crippen LogP contribution in [0.25, 0.3) is 11.5 Å². The van der Waals surface area contributed by atoms with Crippen molar-refractivity contribution in [1.82, 2.24) is 15.5 Å². The molecular formula is C12H13ClFN3O. The summed E-state index contributed by atoms with van der Waals surface area (Å²) >= 11 is 5.68. The topological polar surface area (TPSA) is 51.0 Å². The first kappa shape index (κ1) is 13.0. The molecule has 1 aromatic heterocycles. The van der Waals surface area contributed by atoms with E-state index in [-0.39, 0.29) is 17.5 Å². The van der Waals surface area contributed by atoms with Gasteiger partial charge >= 0.3 is 0 Å². The van der Waals surface area contributed by atoms with E-state index in [1.807, 2.05) is 13.8 Å². The van der Waals surface area contributed by atoms with E-state index in [4.69, 9.17) is 16.0 Å². The maximum atomic E-state index is 13.7. The van der Waals surface area contributed by atoms with Crippen molar-refractivity contribution in [2.75, 3.05) is 6.54 Å². The lowest BCUT2D eigenvalue weighted by Crippen LogP contribution is -2.17. The van der Waals surface area contributed by atoms with Crippen molar-refractivity contribution in [3.8, 4) is 11.5 Å². The molecule has 0 aliphatic heterocycles. The van der Waals surface area contributed by atoms with Crippen LogP contribution in [0.4, 0.5) is 4.39 Å². The Morgan fingerprint density at radius 1 is 1.44 bits per heavy atom. The van der Waals surface area contributed by atoms with E-state index in [1.54, 1.807) is 6.07 Å². The lowest BCUT2D eigenvalue weighted by molar-refractivity contribution is 0.427. The van der Waals surface area contributed by atoms with Crippen molar-refractivity contribution >= 4 is 11.6 Å². The molecule has 1 N–H and O–H groups in total. The Morgan fingerprint density at radius 2 is 2.22 bits per heavy atom. The fourth-order valence-corrected chi connectivity index (χ4v) is 1.73. The summed E-state index contributed by atoms with van der Waals surface area (Å²) in [7, 11) is 0. The Labute approximate surface area is 109 Å². The Balaban J connectivity index is 2.29. The molecule has 2 aromatic rings. The molecule has 1 unspecified atom stereocenters. The van der Waals surface area contributed by atoms with Gasteiger partial charge < -0.3 is 9.73 Å². The zero-order valence-electron chi connectivity index (χ0n) is 10.1. The molecule has 0 radical (unpaired) electrons. The van der Waals surface area contributed by atoms with Crippen LogP contribution in [0.15, 0.2) is 22.6 Å². The second kappa shape index (κ2) is 5.46. The number of nitrogens with one attached hydrogen (secondary N) is 1. The van der Waals surface area contributed by atoms with Gasteiger partial charge in [0, 0.05) is 5.02 Å². The van der Waals surface area contributed by atoms with Crippen LogP contribution in [0.3, 0.4) is 0 Å². The summed E-state index contributed by atoms with van der Waals surface area (Å²) in [5, 5.41) is 11.2. The predicted molar refractivity (Wildman–Crippen MR) is 66.8 cm³/mol. The minimum atomic E-state index is -0.478. The molecule has 0 saturated carbocycles. The lowest BCUT2D eigenvalue weighted by Gasteiger charge is -2.05. The molecule has 4 nitrogen and oxygen atoms in total. The molecule has 0 aliphatic rings. The SMILES string of the molecule is CCNC(C)c1nnc(-c2ccc(Cl)cc2F)o1. The normalized spacial score (nSPS) is 12.7. The molecule has 0 fully saturated rings. The molecule has 0 saturated heterocycles. The van der Waals surface area contributed by atoms with Gasteiger partial charge in [-0.25, -0.2) is 4.39 Å². The summed E-state index contributed by atoms with van der Waals surface area (Å²) in [6.07, 6.45) is 0. The molecule has 1 atom stereocenters. The zero-order valence-corrected chi connectivity index (χ0v) is 10.8. The summed E-state index contributed by atoms with van der Waals surface area (Å²) in [6.45, 7) is 4.67. The fraction of sp³-hybridized carbons (Fsp3) is 0.333. The highest BCUT2D eigenvalue weighted by molar-refractivity contribution is 6.30. The van der Waals surface area contributed by atoms with Gasteiger partial charge in [0.05, 0.1) is 11.6 Å². The molecule has 96 valence electrons. The third kappa shape index (κ3) is 2.68. The van der Waals surface area contributed by atoms with Gasteiger partial charge in [-0.2, -0.15) is 0 Å². The highest BCUT2D eigenvalue weighted by Crippen LogP contribution is 2.25. The number of aromatic nitrogens is 2. The van der Waals surface area contributed by atoms with Gasteiger partial charge in [-0.3, -0.25) is 0 Å². The number of nitrogens with zero attached hydrogens (tertiary/aromatic N) is 2. The van der Waals surface area contributed by atoms with Gasteiger partial charge in [0.25, 0.3) is 5.89 Å². The van der Waals surface area contributed by atoms with E-state index in [0.29, 0.717) is 10.9 Å². The van der Waals surface area contributed by atoms with Gasteiger partial charge in [0.1, 0.15) is 5.82 Å². The summed E-state index contributed by atoms with van der Waals surface area (Å²) in [5.74, 6) is 0.110. The van der Waals surface area contributed by atoms with Gasteiger partial charge in [-0.05, 0) is 31.7 Å². The summed E-state index contributed by atoms with van der Waals surface area (Å²) < 4.78 is 19.1. The number of rotatable bonds is 4.